The number of benzene rings is 1. The van der Waals surface area contributed by atoms with Gasteiger partial charge in [0.1, 0.15) is 17.9 Å². The molecule has 0 radical (unpaired) electrons. The molecule has 2 atom stereocenters. The number of nitrogens with one attached hydrogen (secondary N) is 1. The Morgan fingerprint density at radius 1 is 1.19 bits per heavy atom. The quantitative estimate of drug-likeness (QED) is 0.907. The van der Waals surface area contributed by atoms with E-state index in [1.807, 2.05) is 20.8 Å². The lowest BCUT2D eigenvalue weighted by atomic mass is 9.83. The average Bonchev–Trinajstić information content (AvgIpc) is 2.36. The molecule has 2 rings (SSSR count). The molecular formula is C16H21FN2O2. The van der Waals surface area contributed by atoms with Gasteiger partial charge in [-0.25, -0.2) is 4.39 Å². The number of hydrogen-bond donors (Lipinski definition) is 1. The largest absolute Gasteiger partial charge is 0.343 e. The van der Waals surface area contributed by atoms with E-state index in [0.29, 0.717) is 6.54 Å². The van der Waals surface area contributed by atoms with E-state index in [-0.39, 0.29) is 23.0 Å². The van der Waals surface area contributed by atoms with Crippen molar-refractivity contribution in [1.29, 1.82) is 0 Å². The highest BCUT2D eigenvalue weighted by Crippen LogP contribution is 2.29. The third-order valence-corrected chi connectivity index (χ3v) is 3.66. The van der Waals surface area contributed by atoms with Crippen molar-refractivity contribution in [2.24, 2.45) is 5.41 Å². The Kier molecular flexibility index (Phi) is 4.03. The minimum absolute atomic E-state index is 0.112. The first-order chi connectivity index (χ1) is 9.70. The van der Waals surface area contributed by atoms with Crippen LogP contribution in [-0.4, -0.2) is 28.8 Å². The van der Waals surface area contributed by atoms with Crippen molar-refractivity contribution < 1.29 is 14.0 Å². The summed E-state index contributed by atoms with van der Waals surface area (Å²) in [6, 6.07) is 4.93. The maximum absolute atomic E-state index is 13.0. The summed E-state index contributed by atoms with van der Waals surface area (Å²) < 4.78 is 13.0. The number of piperazine rings is 1. The predicted octanol–water partition coefficient (Wildman–Crippen LogP) is 2.09. The molecule has 1 saturated heterocycles. The minimum Gasteiger partial charge on any atom is -0.343 e. The zero-order valence-corrected chi connectivity index (χ0v) is 12.8. The van der Waals surface area contributed by atoms with Gasteiger partial charge in [0, 0.05) is 6.54 Å². The first-order valence-corrected chi connectivity index (χ1v) is 7.05. The predicted molar refractivity (Wildman–Crippen MR) is 77.8 cm³/mol. The van der Waals surface area contributed by atoms with Crippen LogP contribution < -0.4 is 5.32 Å². The van der Waals surface area contributed by atoms with Crippen molar-refractivity contribution in [3.8, 4) is 0 Å². The standard InChI is InChI=1S/C16H21FN2O2/c1-10-15(21)19(9-11-5-7-12(17)8-6-11)13(14(20)18-10)16(2,3)4/h5-8,10,13H,9H2,1-4H3,(H,18,20). The molecule has 1 fully saturated rings. The molecule has 0 spiro atoms. The summed E-state index contributed by atoms with van der Waals surface area (Å²) in [5.74, 6) is -0.572. The lowest BCUT2D eigenvalue weighted by Crippen LogP contribution is -2.65. The summed E-state index contributed by atoms with van der Waals surface area (Å²) in [5.41, 5.74) is 0.431. The smallest absolute Gasteiger partial charge is 0.245 e. The van der Waals surface area contributed by atoms with Crippen molar-refractivity contribution in [3.63, 3.8) is 0 Å². The summed E-state index contributed by atoms with van der Waals surface area (Å²) in [6.45, 7) is 7.77. The average molecular weight is 292 g/mol. The lowest BCUT2D eigenvalue weighted by Gasteiger charge is -2.44. The molecular weight excluding hydrogens is 271 g/mol. The van der Waals surface area contributed by atoms with Crippen LogP contribution in [0.15, 0.2) is 24.3 Å². The summed E-state index contributed by atoms with van der Waals surface area (Å²) in [4.78, 5) is 26.3. The van der Waals surface area contributed by atoms with Gasteiger partial charge in [0.05, 0.1) is 0 Å². The second-order valence-corrected chi connectivity index (χ2v) is 6.59. The Hall–Kier alpha value is -1.91. The van der Waals surface area contributed by atoms with E-state index in [4.69, 9.17) is 0 Å². The van der Waals surface area contributed by atoms with E-state index in [0.717, 1.165) is 5.56 Å². The number of halogens is 1. The van der Waals surface area contributed by atoms with Crippen LogP contribution in [-0.2, 0) is 16.1 Å². The van der Waals surface area contributed by atoms with Gasteiger partial charge in [0.25, 0.3) is 0 Å². The highest BCUT2D eigenvalue weighted by molar-refractivity contribution is 5.97. The van der Waals surface area contributed by atoms with Gasteiger partial charge in [-0.15, -0.1) is 0 Å². The van der Waals surface area contributed by atoms with Crippen LogP contribution in [0, 0.1) is 11.2 Å². The molecule has 1 N–H and O–H groups in total. The molecule has 5 heteroatoms. The van der Waals surface area contributed by atoms with Crippen LogP contribution in [0.1, 0.15) is 33.3 Å². The fourth-order valence-electron chi connectivity index (χ4n) is 2.69. The Labute approximate surface area is 124 Å². The van der Waals surface area contributed by atoms with Crippen LogP contribution in [0.2, 0.25) is 0 Å². The summed E-state index contributed by atoms with van der Waals surface area (Å²) >= 11 is 0. The third-order valence-electron chi connectivity index (χ3n) is 3.66. The fourth-order valence-corrected chi connectivity index (χ4v) is 2.69. The molecule has 1 aliphatic heterocycles. The number of amides is 2. The van der Waals surface area contributed by atoms with E-state index >= 15 is 0 Å². The van der Waals surface area contributed by atoms with Crippen LogP contribution in [0.5, 0.6) is 0 Å². The Morgan fingerprint density at radius 3 is 2.29 bits per heavy atom. The van der Waals surface area contributed by atoms with Gasteiger partial charge in [-0.05, 0) is 30.0 Å². The first-order valence-electron chi connectivity index (χ1n) is 7.05. The van der Waals surface area contributed by atoms with E-state index in [1.165, 1.54) is 12.1 Å². The zero-order valence-electron chi connectivity index (χ0n) is 12.8. The molecule has 2 amide bonds. The summed E-state index contributed by atoms with van der Waals surface area (Å²) in [6.07, 6.45) is 0. The van der Waals surface area contributed by atoms with Gasteiger partial charge in [-0.1, -0.05) is 32.9 Å². The normalized spacial score (nSPS) is 23.2. The SMILES string of the molecule is CC1NC(=O)C(C(C)(C)C)N(Cc2ccc(F)cc2)C1=O. The van der Waals surface area contributed by atoms with Crippen molar-refractivity contribution >= 4 is 11.8 Å². The number of carbonyl (C=O) groups excluding carboxylic acids is 2. The van der Waals surface area contributed by atoms with Gasteiger partial charge < -0.3 is 10.2 Å². The first kappa shape index (κ1) is 15.5. The maximum atomic E-state index is 13.0. The van der Waals surface area contributed by atoms with Gasteiger partial charge >= 0.3 is 0 Å². The summed E-state index contributed by atoms with van der Waals surface area (Å²) in [5, 5.41) is 2.72. The van der Waals surface area contributed by atoms with E-state index in [2.05, 4.69) is 5.32 Å². The molecule has 1 heterocycles. The molecule has 0 saturated carbocycles. The molecule has 21 heavy (non-hydrogen) atoms. The molecule has 114 valence electrons. The number of hydrogen-bond acceptors (Lipinski definition) is 2. The zero-order chi connectivity index (χ0) is 15.8. The fraction of sp³-hybridized carbons (Fsp3) is 0.500. The Morgan fingerprint density at radius 2 is 1.76 bits per heavy atom. The molecule has 1 aromatic rings. The van der Waals surface area contributed by atoms with E-state index in [1.54, 1.807) is 24.0 Å². The lowest BCUT2D eigenvalue weighted by molar-refractivity contribution is -0.154. The molecule has 0 bridgehead atoms. The topological polar surface area (TPSA) is 49.4 Å². The number of carbonyl (C=O) groups is 2. The van der Waals surface area contributed by atoms with Crippen LogP contribution >= 0.6 is 0 Å². The highest BCUT2D eigenvalue weighted by atomic mass is 19.1. The van der Waals surface area contributed by atoms with Crippen molar-refractivity contribution in [2.75, 3.05) is 0 Å². The maximum Gasteiger partial charge on any atom is 0.245 e. The van der Waals surface area contributed by atoms with Crippen molar-refractivity contribution in [2.45, 2.75) is 46.3 Å². The third kappa shape index (κ3) is 3.23. The van der Waals surface area contributed by atoms with Crippen LogP contribution in [0.25, 0.3) is 0 Å². The van der Waals surface area contributed by atoms with Crippen molar-refractivity contribution in [1.82, 2.24) is 10.2 Å². The van der Waals surface area contributed by atoms with E-state index in [9.17, 15) is 14.0 Å². The van der Waals surface area contributed by atoms with Crippen LogP contribution in [0.3, 0.4) is 0 Å². The van der Waals surface area contributed by atoms with E-state index < -0.39 is 12.1 Å². The Bertz CT molecular complexity index is 548. The Balaban J connectivity index is 2.32. The van der Waals surface area contributed by atoms with Gasteiger partial charge in [0.2, 0.25) is 11.8 Å². The second kappa shape index (κ2) is 5.47. The molecule has 0 aromatic heterocycles. The minimum atomic E-state index is -0.536. The van der Waals surface area contributed by atoms with Crippen molar-refractivity contribution in [3.05, 3.63) is 35.6 Å². The second-order valence-electron chi connectivity index (χ2n) is 6.59. The number of rotatable bonds is 2. The number of nitrogens with zero attached hydrogens (tertiary/aromatic N) is 1. The molecule has 0 aliphatic carbocycles. The van der Waals surface area contributed by atoms with Gasteiger partial charge in [0.15, 0.2) is 0 Å². The summed E-state index contributed by atoms with van der Waals surface area (Å²) in [7, 11) is 0. The molecule has 4 nitrogen and oxygen atoms in total. The van der Waals surface area contributed by atoms with Gasteiger partial charge in [-0.2, -0.15) is 0 Å². The monoisotopic (exact) mass is 292 g/mol. The molecule has 1 aliphatic rings. The molecule has 2 unspecified atom stereocenters. The molecule has 1 aromatic carbocycles. The van der Waals surface area contributed by atoms with Crippen LogP contribution in [0.4, 0.5) is 4.39 Å². The van der Waals surface area contributed by atoms with Gasteiger partial charge in [-0.3, -0.25) is 9.59 Å². The highest BCUT2D eigenvalue weighted by Gasteiger charge is 2.44.